The summed E-state index contributed by atoms with van der Waals surface area (Å²) >= 11 is 1.22. The molecular weight excluding hydrogens is 379 g/mol. The molecule has 3 aromatic rings. The highest BCUT2D eigenvalue weighted by atomic mass is 32.2. The molecule has 0 radical (unpaired) electrons. The Hall–Kier alpha value is -2.85. The van der Waals surface area contributed by atoms with Crippen molar-refractivity contribution in [3.05, 3.63) is 65.4 Å². The molecule has 1 amide bonds. The largest absolute Gasteiger partial charge is 0.300 e. The monoisotopic (exact) mass is 392 g/mol. The van der Waals surface area contributed by atoms with Gasteiger partial charge in [-0.1, -0.05) is 23.5 Å². The normalized spacial score (nSPS) is 11.1. The van der Waals surface area contributed by atoms with E-state index in [1.54, 1.807) is 24.3 Å². The quantitative estimate of drug-likeness (QED) is 0.672. The molecule has 0 saturated heterocycles. The van der Waals surface area contributed by atoms with E-state index < -0.39 is 15.8 Å². The average molecular weight is 392 g/mol. The van der Waals surface area contributed by atoms with Crippen LogP contribution >= 0.6 is 11.3 Å². The van der Waals surface area contributed by atoms with Crippen LogP contribution in [0.15, 0.2) is 58.9 Å². The predicted molar refractivity (Wildman–Crippen MR) is 95.9 cm³/mol. The van der Waals surface area contributed by atoms with Gasteiger partial charge >= 0.3 is 0 Å². The maximum absolute atomic E-state index is 12.9. The molecule has 0 fully saturated rings. The van der Waals surface area contributed by atoms with E-state index in [-0.39, 0.29) is 17.2 Å². The minimum Gasteiger partial charge on any atom is -0.300 e. The Kier molecular flexibility index (Phi) is 5.24. The van der Waals surface area contributed by atoms with E-state index in [0.29, 0.717) is 16.4 Å². The summed E-state index contributed by atoms with van der Waals surface area (Å²) in [6, 6.07) is 10.9. The molecule has 26 heavy (non-hydrogen) atoms. The highest BCUT2D eigenvalue weighted by Gasteiger charge is 2.14. The van der Waals surface area contributed by atoms with Crippen LogP contribution in [-0.2, 0) is 21.2 Å². The first-order valence-corrected chi connectivity index (χ1v) is 9.72. The lowest BCUT2D eigenvalue weighted by atomic mass is 10.1. The number of carbonyl (C=O) groups is 1. The summed E-state index contributed by atoms with van der Waals surface area (Å²) in [5, 5.41) is 10.4. The summed E-state index contributed by atoms with van der Waals surface area (Å²) in [4.78, 5) is 11.8. The van der Waals surface area contributed by atoms with Crippen molar-refractivity contribution in [2.75, 3.05) is 10.0 Å². The van der Waals surface area contributed by atoms with Crippen molar-refractivity contribution in [1.82, 2.24) is 10.2 Å². The minimum atomic E-state index is -3.81. The van der Waals surface area contributed by atoms with Gasteiger partial charge in [0.25, 0.3) is 10.0 Å². The number of carbonyl (C=O) groups excluding carboxylic acids is 1. The van der Waals surface area contributed by atoms with E-state index in [4.69, 9.17) is 0 Å². The minimum absolute atomic E-state index is 0.0422. The molecule has 0 saturated carbocycles. The van der Waals surface area contributed by atoms with Crippen LogP contribution in [-0.4, -0.2) is 24.5 Å². The molecule has 7 nitrogen and oxygen atoms in total. The fourth-order valence-corrected chi connectivity index (χ4v) is 3.61. The SMILES string of the molecule is O=C(Cc1ccc(NS(=O)(=O)c2ccc(F)cc2)cc1)Nc1nncs1. The van der Waals surface area contributed by atoms with Crippen LogP contribution in [0, 0.1) is 5.82 Å². The van der Waals surface area contributed by atoms with Crippen LogP contribution in [0.4, 0.5) is 15.2 Å². The van der Waals surface area contributed by atoms with Gasteiger partial charge in [0, 0.05) is 5.69 Å². The number of hydrogen-bond acceptors (Lipinski definition) is 6. The molecule has 134 valence electrons. The van der Waals surface area contributed by atoms with Crippen molar-refractivity contribution in [3.8, 4) is 0 Å². The molecule has 0 aliphatic rings. The number of anilines is 2. The lowest BCUT2D eigenvalue weighted by Crippen LogP contribution is -2.15. The van der Waals surface area contributed by atoms with E-state index in [9.17, 15) is 17.6 Å². The van der Waals surface area contributed by atoms with Crippen LogP contribution in [0.3, 0.4) is 0 Å². The Morgan fingerprint density at radius 2 is 1.77 bits per heavy atom. The van der Waals surface area contributed by atoms with E-state index in [1.165, 1.54) is 29.0 Å². The fourth-order valence-electron chi connectivity index (χ4n) is 2.09. The second-order valence-electron chi connectivity index (χ2n) is 5.23. The molecule has 1 aromatic heterocycles. The van der Waals surface area contributed by atoms with Crippen molar-refractivity contribution in [1.29, 1.82) is 0 Å². The number of amides is 1. The average Bonchev–Trinajstić information content (AvgIpc) is 3.09. The summed E-state index contributed by atoms with van der Waals surface area (Å²) in [5.74, 6) is -0.762. The zero-order valence-corrected chi connectivity index (χ0v) is 14.8. The molecule has 2 N–H and O–H groups in total. The Balaban J connectivity index is 1.63. The molecular formula is C16H13FN4O3S2. The number of aromatic nitrogens is 2. The molecule has 2 aromatic carbocycles. The molecule has 3 rings (SSSR count). The van der Waals surface area contributed by atoms with Gasteiger partial charge in [-0.15, -0.1) is 10.2 Å². The number of sulfonamides is 1. The highest BCUT2D eigenvalue weighted by molar-refractivity contribution is 7.92. The van der Waals surface area contributed by atoms with Crippen LogP contribution < -0.4 is 10.0 Å². The summed E-state index contributed by atoms with van der Waals surface area (Å²) in [7, 11) is -3.81. The van der Waals surface area contributed by atoms with Gasteiger partial charge in [0.1, 0.15) is 11.3 Å². The summed E-state index contributed by atoms with van der Waals surface area (Å²) in [6.45, 7) is 0. The molecule has 0 spiro atoms. The number of nitrogens with zero attached hydrogens (tertiary/aromatic N) is 2. The van der Waals surface area contributed by atoms with E-state index >= 15 is 0 Å². The fraction of sp³-hybridized carbons (Fsp3) is 0.0625. The van der Waals surface area contributed by atoms with Crippen LogP contribution in [0.25, 0.3) is 0 Å². The Bertz CT molecular complexity index is 989. The second-order valence-corrected chi connectivity index (χ2v) is 7.74. The van der Waals surface area contributed by atoms with Gasteiger partial charge < -0.3 is 5.32 Å². The van der Waals surface area contributed by atoms with Gasteiger partial charge in [-0.25, -0.2) is 12.8 Å². The van der Waals surface area contributed by atoms with Crippen molar-refractivity contribution in [2.24, 2.45) is 0 Å². The first-order chi connectivity index (χ1) is 12.4. The number of halogens is 1. The first kappa shape index (κ1) is 18.0. The standard InChI is InChI=1S/C16H13FN4O3S2/c17-12-3-7-14(8-4-12)26(23,24)21-13-5-1-11(2-6-13)9-15(22)19-16-20-18-10-25-16/h1-8,10,21H,9H2,(H,19,20,22). The molecule has 0 atom stereocenters. The van der Waals surface area contributed by atoms with Crippen LogP contribution in [0.2, 0.25) is 0 Å². The number of benzene rings is 2. The molecule has 0 aliphatic heterocycles. The molecule has 10 heteroatoms. The third-order valence-electron chi connectivity index (χ3n) is 3.30. The van der Waals surface area contributed by atoms with Gasteiger partial charge in [-0.2, -0.15) is 0 Å². The summed E-state index contributed by atoms with van der Waals surface area (Å²) < 4.78 is 39.8. The molecule has 0 unspecified atom stereocenters. The van der Waals surface area contributed by atoms with Crippen LogP contribution in [0.5, 0.6) is 0 Å². The third kappa shape index (κ3) is 4.61. The maximum atomic E-state index is 12.9. The van der Waals surface area contributed by atoms with E-state index in [1.807, 2.05) is 0 Å². The van der Waals surface area contributed by atoms with Crippen molar-refractivity contribution >= 4 is 38.1 Å². The maximum Gasteiger partial charge on any atom is 0.261 e. The zero-order valence-electron chi connectivity index (χ0n) is 13.2. The Morgan fingerprint density at radius 1 is 1.08 bits per heavy atom. The van der Waals surface area contributed by atoms with Crippen LogP contribution in [0.1, 0.15) is 5.56 Å². The number of nitrogens with one attached hydrogen (secondary N) is 2. The molecule has 1 heterocycles. The van der Waals surface area contributed by atoms with E-state index in [0.717, 1.165) is 12.1 Å². The van der Waals surface area contributed by atoms with Crippen molar-refractivity contribution < 1.29 is 17.6 Å². The van der Waals surface area contributed by atoms with Crippen molar-refractivity contribution in [3.63, 3.8) is 0 Å². The van der Waals surface area contributed by atoms with Gasteiger partial charge in [0.05, 0.1) is 11.3 Å². The zero-order chi connectivity index (χ0) is 18.6. The summed E-state index contributed by atoms with van der Waals surface area (Å²) in [5.41, 5.74) is 2.55. The van der Waals surface area contributed by atoms with Crippen molar-refractivity contribution in [2.45, 2.75) is 11.3 Å². The van der Waals surface area contributed by atoms with Gasteiger partial charge in [0.15, 0.2) is 0 Å². The van der Waals surface area contributed by atoms with Gasteiger partial charge in [-0.05, 0) is 42.0 Å². The second kappa shape index (κ2) is 7.58. The lowest BCUT2D eigenvalue weighted by molar-refractivity contribution is -0.115. The van der Waals surface area contributed by atoms with Gasteiger partial charge in [0.2, 0.25) is 11.0 Å². The highest BCUT2D eigenvalue weighted by Crippen LogP contribution is 2.17. The number of rotatable bonds is 6. The lowest BCUT2D eigenvalue weighted by Gasteiger charge is -2.09. The summed E-state index contributed by atoms with van der Waals surface area (Å²) in [6.07, 6.45) is 0.116. The Morgan fingerprint density at radius 3 is 2.38 bits per heavy atom. The van der Waals surface area contributed by atoms with E-state index in [2.05, 4.69) is 20.2 Å². The topological polar surface area (TPSA) is 101 Å². The van der Waals surface area contributed by atoms with Gasteiger partial charge in [-0.3, -0.25) is 9.52 Å². The predicted octanol–water partition coefficient (Wildman–Crippen LogP) is 2.66. The number of hydrogen-bond donors (Lipinski definition) is 2. The smallest absolute Gasteiger partial charge is 0.261 e. The third-order valence-corrected chi connectivity index (χ3v) is 5.31. The molecule has 0 bridgehead atoms. The first-order valence-electron chi connectivity index (χ1n) is 7.36. The Labute approximate surface area is 153 Å². The molecule has 0 aliphatic carbocycles.